The maximum absolute atomic E-state index is 6.41. The molecule has 24 heavy (non-hydrogen) atoms. The van der Waals surface area contributed by atoms with Crippen molar-refractivity contribution in [2.75, 3.05) is 0 Å². The Hall–Kier alpha value is -1.79. The average molecular weight is 401 g/mol. The first-order chi connectivity index (χ1) is 11.6. The van der Waals surface area contributed by atoms with Crippen LogP contribution in [0.25, 0.3) is 0 Å². The van der Waals surface area contributed by atoms with Crippen LogP contribution in [0.1, 0.15) is 11.1 Å². The van der Waals surface area contributed by atoms with Gasteiger partial charge in [-0.2, -0.15) is 0 Å². The summed E-state index contributed by atoms with van der Waals surface area (Å²) in [5.41, 5.74) is 2.17. The van der Waals surface area contributed by atoms with Gasteiger partial charge >= 0.3 is 152 Å². The molecule has 0 saturated heterocycles. The van der Waals surface area contributed by atoms with Crippen LogP contribution in [0.4, 0.5) is 0 Å². The molecule has 0 fully saturated rings. The third kappa shape index (κ3) is 3.82. The van der Waals surface area contributed by atoms with Crippen LogP contribution in [0.2, 0.25) is 0 Å². The summed E-state index contributed by atoms with van der Waals surface area (Å²) in [6, 6.07) is 26.1. The summed E-state index contributed by atoms with van der Waals surface area (Å²) in [5.74, 6) is 1.67. The van der Waals surface area contributed by atoms with E-state index in [0.717, 1.165) is 27.9 Å². The molecule has 4 heteroatoms. The number of para-hydroxylation sites is 2. The van der Waals surface area contributed by atoms with E-state index in [4.69, 9.17) is 9.05 Å². The Morgan fingerprint density at radius 2 is 1.04 bits per heavy atom. The topological polar surface area (TPSA) is 18.5 Å². The van der Waals surface area contributed by atoms with Gasteiger partial charge in [-0.3, -0.25) is 0 Å². The second-order valence-corrected chi connectivity index (χ2v) is 10.4. The number of hydrogen-bond donors (Lipinski definition) is 0. The van der Waals surface area contributed by atoms with Crippen LogP contribution in [-0.2, 0) is 0 Å². The summed E-state index contributed by atoms with van der Waals surface area (Å²) >= 11 is 3.22. The minimum absolute atomic E-state index is 0.835. The van der Waals surface area contributed by atoms with Crippen molar-refractivity contribution in [1.29, 1.82) is 0 Å². The first-order valence-electron chi connectivity index (χ1n) is 7.74. The van der Waals surface area contributed by atoms with Gasteiger partial charge in [0.15, 0.2) is 0 Å². The van der Waals surface area contributed by atoms with E-state index >= 15 is 0 Å². The Bertz CT molecular complexity index is 773. The molecular formula is C20H19O2PSe+. The van der Waals surface area contributed by atoms with E-state index < -0.39 is 6.41 Å². The third-order valence-electron chi connectivity index (χ3n) is 3.70. The van der Waals surface area contributed by atoms with Crippen molar-refractivity contribution in [2.24, 2.45) is 0 Å². The molecule has 0 amide bonds. The van der Waals surface area contributed by atoms with Gasteiger partial charge in [0.25, 0.3) is 0 Å². The van der Waals surface area contributed by atoms with E-state index in [0.29, 0.717) is 0 Å². The van der Waals surface area contributed by atoms with Crippen molar-refractivity contribution in [1.82, 2.24) is 0 Å². The average Bonchev–Trinajstić information content (AvgIpc) is 2.60. The van der Waals surface area contributed by atoms with Crippen molar-refractivity contribution < 1.29 is 9.05 Å². The zero-order valence-electron chi connectivity index (χ0n) is 13.7. The summed E-state index contributed by atoms with van der Waals surface area (Å²) in [7, 11) is 0. The van der Waals surface area contributed by atoms with Gasteiger partial charge in [-0.15, -0.1) is 0 Å². The zero-order chi connectivity index (χ0) is 17.0. The number of hydrogen-bond acceptors (Lipinski definition) is 2. The summed E-state index contributed by atoms with van der Waals surface area (Å²) in [6.45, 7) is 4.08. The standard InChI is InChI=1S/C20H19O2PSe/c1-16-10-6-8-14-19(16)21-23(24,18-12-4-3-5-13-18)22-20-15-9-7-11-17(20)2/h3-15H,1-2H3/q+1. The molecule has 0 aliphatic heterocycles. The van der Waals surface area contributed by atoms with Crippen LogP contribution in [0, 0.1) is 13.8 Å². The molecule has 3 rings (SSSR count). The Kier molecular flexibility index (Phi) is 5.26. The van der Waals surface area contributed by atoms with E-state index in [1.165, 1.54) is 0 Å². The molecule has 0 atom stereocenters. The molecule has 2 nitrogen and oxygen atoms in total. The minimum atomic E-state index is -2.44. The zero-order valence-corrected chi connectivity index (χ0v) is 16.3. The number of benzene rings is 3. The summed E-state index contributed by atoms with van der Waals surface area (Å²) in [5, 5.41) is 1.02. The van der Waals surface area contributed by atoms with E-state index in [1.807, 2.05) is 92.7 Å². The predicted molar refractivity (Wildman–Crippen MR) is 102 cm³/mol. The number of aryl methyl sites for hydroxylation is 2. The van der Waals surface area contributed by atoms with Crippen molar-refractivity contribution in [3.8, 4) is 11.5 Å². The van der Waals surface area contributed by atoms with Gasteiger partial charge in [-0.05, 0) is 0 Å². The Balaban J connectivity index is 2.01. The normalized spacial score (nSPS) is 11.1. The molecule has 0 aliphatic carbocycles. The van der Waals surface area contributed by atoms with E-state index in [9.17, 15) is 0 Å². The fourth-order valence-corrected chi connectivity index (χ4v) is 5.80. The van der Waals surface area contributed by atoms with Crippen LogP contribution >= 0.6 is 6.41 Å². The molecule has 0 spiro atoms. The van der Waals surface area contributed by atoms with Crippen molar-refractivity contribution in [2.45, 2.75) is 13.8 Å². The molecule has 3 aromatic carbocycles. The van der Waals surface area contributed by atoms with Gasteiger partial charge in [-0.25, -0.2) is 0 Å². The molecule has 0 saturated carbocycles. The fraction of sp³-hybridized carbons (Fsp3) is 0.100. The van der Waals surface area contributed by atoms with Crippen LogP contribution in [-0.4, -0.2) is 15.6 Å². The van der Waals surface area contributed by atoms with Gasteiger partial charge in [0.2, 0.25) is 0 Å². The van der Waals surface area contributed by atoms with Crippen molar-refractivity contribution in [3.63, 3.8) is 0 Å². The van der Waals surface area contributed by atoms with Crippen LogP contribution < -0.4 is 14.4 Å². The van der Waals surface area contributed by atoms with E-state index in [1.54, 1.807) is 0 Å². The first kappa shape index (κ1) is 17.0. The molecule has 0 N–H and O–H groups in total. The summed E-state index contributed by atoms with van der Waals surface area (Å²) in [4.78, 5) is 0. The molecule has 121 valence electrons. The van der Waals surface area contributed by atoms with Gasteiger partial charge in [-0.1, -0.05) is 0 Å². The molecule has 3 aromatic rings. The molecule has 0 bridgehead atoms. The molecule has 1 radical (unpaired) electrons. The molecule has 0 aliphatic rings. The summed E-state index contributed by atoms with van der Waals surface area (Å²) in [6.07, 6.45) is -2.44. The van der Waals surface area contributed by atoms with Crippen LogP contribution in [0.15, 0.2) is 78.9 Å². The van der Waals surface area contributed by atoms with E-state index in [-0.39, 0.29) is 0 Å². The maximum atomic E-state index is 6.41. The molecular weight excluding hydrogens is 382 g/mol. The Labute approximate surface area is 151 Å². The van der Waals surface area contributed by atoms with Crippen LogP contribution in [0.3, 0.4) is 0 Å². The molecule has 0 unspecified atom stereocenters. The van der Waals surface area contributed by atoms with Gasteiger partial charge < -0.3 is 0 Å². The summed E-state index contributed by atoms with van der Waals surface area (Å²) < 4.78 is 12.8. The monoisotopic (exact) mass is 402 g/mol. The quantitative estimate of drug-likeness (QED) is 0.442. The van der Waals surface area contributed by atoms with Crippen LogP contribution in [0.5, 0.6) is 11.5 Å². The molecule has 0 aromatic heterocycles. The van der Waals surface area contributed by atoms with Crippen molar-refractivity contribution in [3.05, 3.63) is 90.0 Å². The SMILES string of the molecule is Cc1ccccc1O[P+]([Se])(Oc1ccccc1C)c1ccccc1. The van der Waals surface area contributed by atoms with Crippen molar-refractivity contribution >= 4 is 27.3 Å². The second kappa shape index (κ2) is 7.40. The first-order valence-corrected chi connectivity index (χ1v) is 11.6. The van der Waals surface area contributed by atoms with Gasteiger partial charge in [0.1, 0.15) is 0 Å². The third-order valence-corrected chi connectivity index (χ3v) is 7.77. The Morgan fingerprint density at radius 1 is 0.625 bits per heavy atom. The van der Waals surface area contributed by atoms with Gasteiger partial charge in [0, 0.05) is 0 Å². The van der Waals surface area contributed by atoms with E-state index in [2.05, 4.69) is 15.6 Å². The second-order valence-electron chi connectivity index (χ2n) is 5.55. The predicted octanol–water partition coefficient (Wildman–Crippen LogP) is 5.02. The molecule has 0 heterocycles. The number of rotatable bonds is 5. The Morgan fingerprint density at radius 3 is 1.50 bits per heavy atom. The fourth-order valence-electron chi connectivity index (χ4n) is 2.31. The van der Waals surface area contributed by atoms with Gasteiger partial charge in [0.05, 0.1) is 0 Å².